The van der Waals surface area contributed by atoms with E-state index < -0.39 is 0 Å². The molecule has 2 heteroatoms. The van der Waals surface area contributed by atoms with E-state index in [0.29, 0.717) is 0 Å². The molecule has 1 unspecified atom stereocenters. The molecular formula is C34H44N2. The van der Waals surface area contributed by atoms with Gasteiger partial charge in [0, 0.05) is 11.3 Å². The molecule has 2 nitrogen and oxygen atoms in total. The monoisotopic (exact) mass is 480 g/mol. The van der Waals surface area contributed by atoms with Crippen LogP contribution in [0.3, 0.4) is 0 Å². The Morgan fingerprint density at radius 1 is 0.889 bits per heavy atom. The summed E-state index contributed by atoms with van der Waals surface area (Å²) >= 11 is 0. The van der Waals surface area contributed by atoms with Crippen molar-refractivity contribution in [3.8, 4) is 0 Å². The summed E-state index contributed by atoms with van der Waals surface area (Å²) in [6.07, 6.45) is 12.2. The van der Waals surface area contributed by atoms with Crippen molar-refractivity contribution in [2.75, 3.05) is 0 Å². The molecule has 190 valence electrons. The third-order valence-electron chi connectivity index (χ3n) is 7.55. The number of benzene rings is 2. The van der Waals surface area contributed by atoms with Crippen LogP contribution >= 0.6 is 0 Å². The van der Waals surface area contributed by atoms with Gasteiger partial charge in [0.1, 0.15) is 0 Å². The predicted molar refractivity (Wildman–Crippen MR) is 155 cm³/mol. The summed E-state index contributed by atoms with van der Waals surface area (Å²) in [4.78, 5) is 0. The van der Waals surface area contributed by atoms with E-state index in [1.807, 2.05) is 13.8 Å². The molecule has 3 aliphatic rings. The van der Waals surface area contributed by atoms with Crippen LogP contribution in [0.4, 0.5) is 0 Å². The van der Waals surface area contributed by atoms with Crippen LogP contribution in [0, 0.1) is 5.41 Å². The van der Waals surface area contributed by atoms with Crippen molar-refractivity contribution in [3.63, 3.8) is 0 Å². The standard InChI is InChI=1S/C32H38N2.C2H6/c1-5-24-19-26(18-17-25(24)16-15-23-11-7-6-8-12-23)31-30-22(2)20-32(3,4)21-29(30)33-27-13-9-10-14-28(27)34-31;1-2/h6-8,11-14,17-19,31,33-34H,2,5,9-10,15-16,20-21H2,1,3-4H3;1-2H3. The Balaban J connectivity index is 0.00000148. The fraction of sp³-hybridized carbons (Fsp3) is 0.412. The van der Waals surface area contributed by atoms with Gasteiger partial charge in [0.2, 0.25) is 0 Å². The zero-order valence-electron chi connectivity index (χ0n) is 23.0. The van der Waals surface area contributed by atoms with Crippen molar-refractivity contribution < 1.29 is 0 Å². The van der Waals surface area contributed by atoms with Gasteiger partial charge in [-0.05, 0) is 78.2 Å². The minimum absolute atomic E-state index is 0.134. The summed E-state index contributed by atoms with van der Waals surface area (Å²) in [5.41, 5.74) is 12.4. The van der Waals surface area contributed by atoms with Gasteiger partial charge in [0.25, 0.3) is 0 Å². The molecule has 2 aliphatic carbocycles. The third kappa shape index (κ3) is 5.69. The first kappa shape index (κ1) is 26.1. The first-order valence-corrected chi connectivity index (χ1v) is 13.9. The number of hydrogen-bond donors (Lipinski definition) is 2. The number of hydrogen-bond acceptors (Lipinski definition) is 2. The summed E-state index contributed by atoms with van der Waals surface area (Å²) in [6, 6.07) is 18.1. The van der Waals surface area contributed by atoms with E-state index in [2.05, 4.69) is 98.7 Å². The SMILES string of the molecule is C=C1CC(C)(C)CC2=C1C(c1ccc(CCc3ccccc3)c(CC)c1)NC1=CCCC=C1N2.CC. The number of nitrogens with one attached hydrogen (secondary N) is 2. The van der Waals surface area contributed by atoms with E-state index in [9.17, 15) is 0 Å². The zero-order chi connectivity index (χ0) is 25.7. The summed E-state index contributed by atoms with van der Waals surface area (Å²) in [7, 11) is 0. The molecule has 1 aliphatic heterocycles. The Morgan fingerprint density at radius 2 is 1.61 bits per heavy atom. The molecule has 0 aromatic heterocycles. The normalized spacial score (nSPS) is 20.4. The molecule has 0 spiro atoms. The molecule has 36 heavy (non-hydrogen) atoms. The molecule has 2 aromatic rings. The van der Waals surface area contributed by atoms with Gasteiger partial charge in [0.05, 0.1) is 17.4 Å². The Labute approximate surface area is 219 Å². The first-order chi connectivity index (χ1) is 17.4. The van der Waals surface area contributed by atoms with Crippen LogP contribution < -0.4 is 10.6 Å². The highest BCUT2D eigenvalue weighted by molar-refractivity contribution is 5.52. The molecular weight excluding hydrogens is 436 g/mol. The van der Waals surface area contributed by atoms with Crippen molar-refractivity contribution in [1.82, 2.24) is 10.6 Å². The Bertz CT molecular complexity index is 1180. The van der Waals surface area contributed by atoms with E-state index in [-0.39, 0.29) is 11.5 Å². The van der Waals surface area contributed by atoms with E-state index in [1.54, 1.807) is 0 Å². The second-order valence-corrected chi connectivity index (χ2v) is 10.9. The van der Waals surface area contributed by atoms with Crippen molar-refractivity contribution >= 4 is 0 Å². The largest absolute Gasteiger partial charge is 0.373 e. The highest BCUT2D eigenvalue weighted by Gasteiger charge is 2.36. The molecule has 0 radical (unpaired) electrons. The second-order valence-electron chi connectivity index (χ2n) is 10.9. The van der Waals surface area contributed by atoms with Crippen molar-refractivity contribution in [2.45, 2.75) is 85.6 Å². The van der Waals surface area contributed by atoms with Crippen LogP contribution in [0.1, 0.15) is 88.6 Å². The maximum Gasteiger partial charge on any atom is 0.0787 e. The average molecular weight is 481 g/mol. The maximum atomic E-state index is 4.58. The second kappa shape index (κ2) is 11.4. The average Bonchev–Trinajstić information content (AvgIpc) is 3.05. The predicted octanol–water partition coefficient (Wildman–Crippen LogP) is 8.49. The summed E-state index contributed by atoms with van der Waals surface area (Å²) < 4.78 is 0. The molecule has 1 heterocycles. The van der Waals surface area contributed by atoms with Gasteiger partial charge >= 0.3 is 0 Å². The van der Waals surface area contributed by atoms with Gasteiger partial charge < -0.3 is 10.6 Å². The van der Waals surface area contributed by atoms with Gasteiger partial charge in [-0.3, -0.25) is 0 Å². The minimum atomic E-state index is 0.134. The lowest BCUT2D eigenvalue weighted by Gasteiger charge is -2.36. The third-order valence-corrected chi connectivity index (χ3v) is 7.55. The number of fused-ring (bicyclic) bond motifs is 1. The highest BCUT2D eigenvalue weighted by atomic mass is 15.0. The fourth-order valence-corrected chi connectivity index (χ4v) is 5.91. The quantitative estimate of drug-likeness (QED) is 0.448. The van der Waals surface area contributed by atoms with Crippen molar-refractivity contribution in [2.24, 2.45) is 5.41 Å². The van der Waals surface area contributed by atoms with E-state index in [1.165, 1.54) is 50.5 Å². The Kier molecular flexibility index (Phi) is 8.24. The lowest BCUT2D eigenvalue weighted by Crippen LogP contribution is -2.28. The van der Waals surface area contributed by atoms with Gasteiger partial charge in [-0.2, -0.15) is 0 Å². The molecule has 0 bridgehead atoms. The smallest absolute Gasteiger partial charge is 0.0787 e. The van der Waals surface area contributed by atoms with Crippen LogP contribution in [0.25, 0.3) is 0 Å². The van der Waals surface area contributed by atoms with Gasteiger partial charge in [0.15, 0.2) is 0 Å². The summed E-state index contributed by atoms with van der Waals surface area (Å²) in [5, 5.41) is 7.76. The number of allylic oxidation sites excluding steroid dienone is 3. The van der Waals surface area contributed by atoms with E-state index >= 15 is 0 Å². The molecule has 0 saturated carbocycles. The van der Waals surface area contributed by atoms with Crippen LogP contribution in [-0.4, -0.2) is 0 Å². The molecule has 0 amide bonds. The van der Waals surface area contributed by atoms with Crippen molar-refractivity contribution in [1.29, 1.82) is 0 Å². The van der Waals surface area contributed by atoms with E-state index in [4.69, 9.17) is 0 Å². The lowest BCUT2D eigenvalue weighted by atomic mass is 9.72. The molecule has 2 aromatic carbocycles. The minimum Gasteiger partial charge on any atom is -0.373 e. The van der Waals surface area contributed by atoms with Crippen LogP contribution in [0.15, 0.2) is 95.5 Å². The molecule has 0 fully saturated rings. The number of rotatable bonds is 5. The fourth-order valence-electron chi connectivity index (χ4n) is 5.91. The maximum absolute atomic E-state index is 4.58. The van der Waals surface area contributed by atoms with Gasteiger partial charge in [-0.15, -0.1) is 0 Å². The molecule has 5 rings (SSSR count). The molecule has 2 N–H and O–H groups in total. The summed E-state index contributed by atoms with van der Waals surface area (Å²) in [5.74, 6) is 0. The topological polar surface area (TPSA) is 24.1 Å². The van der Waals surface area contributed by atoms with Gasteiger partial charge in [-0.1, -0.05) is 102 Å². The Morgan fingerprint density at radius 3 is 2.33 bits per heavy atom. The van der Waals surface area contributed by atoms with Gasteiger partial charge in [-0.25, -0.2) is 0 Å². The Hall–Kier alpha value is -3.00. The molecule has 1 atom stereocenters. The molecule has 0 saturated heterocycles. The van der Waals surface area contributed by atoms with E-state index in [0.717, 1.165) is 44.9 Å². The van der Waals surface area contributed by atoms with Crippen LogP contribution in [0.2, 0.25) is 0 Å². The first-order valence-electron chi connectivity index (χ1n) is 13.9. The zero-order valence-corrected chi connectivity index (χ0v) is 23.0. The van der Waals surface area contributed by atoms with Crippen LogP contribution in [-0.2, 0) is 19.3 Å². The summed E-state index contributed by atoms with van der Waals surface area (Å²) in [6.45, 7) is 15.6. The van der Waals surface area contributed by atoms with Crippen molar-refractivity contribution in [3.05, 3.63) is 118 Å². The van der Waals surface area contributed by atoms with Crippen LogP contribution in [0.5, 0.6) is 0 Å². The number of aryl methyl sites for hydroxylation is 3. The lowest BCUT2D eigenvalue weighted by molar-refractivity contribution is 0.337. The highest BCUT2D eigenvalue weighted by Crippen LogP contribution is 2.46.